The Hall–Kier alpha value is -3.22. The van der Waals surface area contributed by atoms with Crippen molar-refractivity contribution in [2.45, 2.75) is 38.8 Å². The summed E-state index contributed by atoms with van der Waals surface area (Å²) >= 11 is 0. The maximum Gasteiger partial charge on any atom is 0.339 e. The molecule has 0 unspecified atom stereocenters. The van der Waals surface area contributed by atoms with Crippen molar-refractivity contribution in [3.8, 4) is 11.3 Å². The zero-order valence-electron chi connectivity index (χ0n) is 16.1. The fourth-order valence-corrected chi connectivity index (χ4v) is 3.19. The molecule has 2 aromatic heterocycles. The molecule has 1 N–H and O–H groups in total. The Morgan fingerprint density at radius 3 is 2.64 bits per heavy atom. The number of carbonyl (C=O) groups is 2. The van der Waals surface area contributed by atoms with Crippen LogP contribution in [0.2, 0.25) is 0 Å². The van der Waals surface area contributed by atoms with Gasteiger partial charge in [-0.1, -0.05) is 30.3 Å². The van der Waals surface area contributed by atoms with Gasteiger partial charge in [-0.15, -0.1) is 0 Å². The first-order valence-corrected chi connectivity index (χ1v) is 9.35. The minimum absolute atomic E-state index is 0.214. The highest BCUT2D eigenvalue weighted by atomic mass is 16.5. The van der Waals surface area contributed by atoms with Gasteiger partial charge < -0.3 is 10.1 Å². The summed E-state index contributed by atoms with van der Waals surface area (Å²) in [5.74, 6) is -0.827. The standard InChI is InChI=1S/C21H22N4O3/c1-12-18-16(21(27)28-13(2)20(26)22-15-9-10-15)11-17(14-7-5-4-6-8-14)23-19(18)25(3)24-12/h4-8,11,13,15H,9-10H2,1-3H3,(H,22,26)/t13-/m0/s1. The summed E-state index contributed by atoms with van der Waals surface area (Å²) in [6, 6.07) is 11.5. The first-order valence-electron chi connectivity index (χ1n) is 9.35. The van der Waals surface area contributed by atoms with Gasteiger partial charge in [-0.3, -0.25) is 9.48 Å². The van der Waals surface area contributed by atoms with Crippen LogP contribution in [0.15, 0.2) is 36.4 Å². The Kier molecular flexibility index (Phi) is 4.58. The molecule has 1 aliphatic rings. The van der Waals surface area contributed by atoms with Gasteiger partial charge in [0.15, 0.2) is 11.8 Å². The van der Waals surface area contributed by atoms with E-state index in [1.807, 2.05) is 37.3 Å². The van der Waals surface area contributed by atoms with Crippen LogP contribution in [0, 0.1) is 6.92 Å². The van der Waals surface area contributed by atoms with Crippen LogP contribution < -0.4 is 5.32 Å². The van der Waals surface area contributed by atoms with Crippen LogP contribution >= 0.6 is 0 Å². The molecule has 0 radical (unpaired) electrons. The van der Waals surface area contributed by atoms with Crippen LogP contribution in [-0.4, -0.2) is 38.8 Å². The van der Waals surface area contributed by atoms with Crippen LogP contribution in [0.25, 0.3) is 22.3 Å². The summed E-state index contributed by atoms with van der Waals surface area (Å²) < 4.78 is 7.12. The van der Waals surface area contributed by atoms with E-state index in [9.17, 15) is 9.59 Å². The number of aromatic nitrogens is 3. The average molecular weight is 378 g/mol. The van der Waals surface area contributed by atoms with E-state index in [2.05, 4.69) is 15.4 Å². The van der Waals surface area contributed by atoms with Crippen molar-refractivity contribution in [2.24, 2.45) is 7.05 Å². The molecule has 1 fully saturated rings. The number of ether oxygens (including phenoxy) is 1. The SMILES string of the molecule is Cc1nn(C)c2nc(-c3ccccc3)cc(C(=O)O[C@@H](C)C(=O)NC3CC3)c12. The molecular formula is C21H22N4O3. The molecule has 144 valence electrons. The molecule has 1 aromatic carbocycles. The van der Waals surface area contributed by atoms with Crippen molar-refractivity contribution in [3.63, 3.8) is 0 Å². The van der Waals surface area contributed by atoms with Crippen LogP contribution in [0.3, 0.4) is 0 Å². The number of aryl methyl sites for hydroxylation is 2. The van der Waals surface area contributed by atoms with E-state index in [0.29, 0.717) is 28.0 Å². The minimum Gasteiger partial charge on any atom is -0.449 e. The third-order valence-corrected chi connectivity index (χ3v) is 4.83. The number of nitrogens with zero attached hydrogens (tertiary/aromatic N) is 3. The van der Waals surface area contributed by atoms with Crippen LogP contribution in [0.5, 0.6) is 0 Å². The molecule has 0 bridgehead atoms. The van der Waals surface area contributed by atoms with Crippen molar-refractivity contribution in [2.75, 3.05) is 0 Å². The maximum absolute atomic E-state index is 13.0. The summed E-state index contributed by atoms with van der Waals surface area (Å²) in [6.45, 7) is 3.41. The second kappa shape index (κ2) is 7.07. The Morgan fingerprint density at radius 2 is 1.96 bits per heavy atom. The quantitative estimate of drug-likeness (QED) is 0.690. The molecule has 2 heterocycles. The lowest BCUT2D eigenvalue weighted by atomic mass is 10.1. The summed E-state index contributed by atoms with van der Waals surface area (Å²) in [5.41, 5.74) is 3.18. The van der Waals surface area contributed by atoms with Gasteiger partial charge >= 0.3 is 5.97 Å². The van der Waals surface area contributed by atoms with Gasteiger partial charge in [-0.25, -0.2) is 9.78 Å². The molecule has 1 amide bonds. The lowest BCUT2D eigenvalue weighted by molar-refractivity contribution is -0.129. The van der Waals surface area contributed by atoms with Crippen LogP contribution in [0.4, 0.5) is 0 Å². The normalized spacial score (nSPS) is 14.7. The van der Waals surface area contributed by atoms with E-state index >= 15 is 0 Å². The number of amides is 1. The van der Waals surface area contributed by atoms with E-state index in [0.717, 1.165) is 18.4 Å². The van der Waals surface area contributed by atoms with Gasteiger partial charge in [0.2, 0.25) is 0 Å². The molecule has 0 spiro atoms. The van der Waals surface area contributed by atoms with E-state index in [4.69, 9.17) is 4.74 Å². The lowest BCUT2D eigenvalue weighted by Crippen LogP contribution is -2.37. The number of nitrogens with one attached hydrogen (secondary N) is 1. The van der Waals surface area contributed by atoms with Gasteiger partial charge in [0, 0.05) is 18.7 Å². The summed E-state index contributed by atoms with van der Waals surface area (Å²) in [7, 11) is 1.79. The Bertz CT molecular complexity index is 1050. The Balaban J connectivity index is 1.71. The van der Waals surface area contributed by atoms with E-state index in [-0.39, 0.29) is 11.9 Å². The summed E-state index contributed by atoms with van der Waals surface area (Å²) in [4.78, 5) is 29.8. The highest BCUT2D eigenvalue weighted by Gasteiger charge is 2.28. The van der Waals surface area contributed by atoms with Crippen molar-refractivity contribution >= 4 is 22.9 Å². The first-order chi connectivity index (χ1) is 13.4. The summed E-state index contributed by atoms with van der Waals surface area (Å²) in [5, 5.41) is 7.89. The largest absolute Gasteiger partial charge is 0.449 e. The first kappa shape index (κ1) is 18.2. The highest BCUT2D eigenvalue weighted by molar-refractivity contribution is 6.05. The van der Waals surface area contributed by atoms with Gasteiger partial charge in [0.05, 0.1) is 22.3 Å². The molecule has 28 heavy (non-hydrogen) atoms. The van der Waals surface area contributed by atoms with Crippen molar-refractivity contribution in [1.29, 1.82) is 0 Å². The van der Waals surface area contributed by atoms with Gasteiger partial charge in [-0.05, 0) is 32.8 Å². The Labute approximate surface area is 162 Å². The van der Waals surface area contributed by atoms with Crippen molar-refractivity contribution in [3.05, 3.63) is 47.7 Å². The van der Waals surface area contributed by atoms with E-state index in [1.165, 1.54) is 0 Å². The molecule has 4 rings (SSSR count). The topological polar surface area (TPSA) is 86.1 Å². The van der Waals surface area contributed by atoms with Crippen molar-refractivity contribution in [1.82, 2.24) is 20.1 Å². The zero-order chi connectivity index (χ0) is 19.8. The minimum atomic E-state index is -0.867. The second-order valence-corrected chi connectivity index (χ2v) is 7.16. The molecule has 0 aliphatic heterocycles. The second-order valence-electron chi connectivity index (χ2n) is 7.16. The number of rotatable bonds is 5. The zero-order valence-corrected chi connectivity index (χ0v) is 16.1. The predicted molar refractivity (Wildman–Crippen MR) is 105 cm³/mol. The molecular weight excluding hydrogens is 356 g/mol. The number of fused-ring (bicyclic) bond motifs is 1. The number of esters is 1. The number of hydrogen-bond donors (Lipinski definition) is 1. The monoisotopic (exact) mass is 378 g/mol. The maximum atomic E-state index is 13.0. The summed E-state index contributed by atoms with van der Waals surface area (Å²) in [6.07, 6.45) is 1.09. The molecule has 7 heteroatoms. The number of pyridine rings is 1. The molecule has 3 aromatic rings. The molecule has 7 nitrogen and oxygen atoms in total. The van der Waals surface area contributed by atoms with Gasteiger partial charge in [-0.2, -0.15) is 5.10 Å². The number of hydrogen-bond acceptors (Lipinski definition) is 5. The van der Waals surface area contributed by atoms with E-state index in [1.54, 1.807) is 24.7 Å². The molecule has 0 saturated heterocycles. The predicted octanol–water partition coefficient (Wildman–Crippen LogP) is 2.77. The fourth-order valence-electron chi connectivity index (χ4n) is 3.19. The third kappa shape index (κ3) is 3.47. The van der Waals surface area contributed by atoms with Crippen LogP contribution in [-0.2, 0) is 16.6 Å². The average Bonchev–Trinajstić information content (AvgIpc) is 3.46. The Morgan fingerprint density at radius 1 is 1.25 bits per heavy atom. The van der Waals surface area contributed by atoms with Gasteiger partial charge in [0.25, 0.3) is 5.91 Å². The molecule has 1 atom stereocenters. The smallest absolute Gasteiger partial charge is 0.339 e. The van der Waals surface area contributed by atoms with E-state index < -0.39 is 12.1 Å². The van der Waals surface area contributed by atoms with Crippen molar-refractivity contribution < 1.29 is 14.3 Å². The lowest BCUT2D eigenvalue weighted by Gasteiger charge is -2.14. The fraction of sp³-hybridized carbons (Fsp3) is 0.333. The third-order valence-electron chi connectivity index (χ3n) is 4.83. The van der Waals surface area contributed by atoms with Gasteiger partial charge in [0.1, 0.15) is 0 Å². The van der Waals surface area contributed by atoms with Crippen LogP contribution in [0.1, 0.15) is 35.8 Å². The highest BCUT2D eigenvalue weighted by Crippen LogP contribution is 2.27. The molecule has 1 saturated carbocycles. The number of benzene rings is 1. The number of carbonyl (C=O) groups excluding carboxylic acids is 2. The molecule has 1 aliphatic carbocycles.